The Labute approximate surface area is 315 Å². The second-order valence-corrected chi connectivity index (χ2v) is 18.0. The molecule has 4 heterocycles. The average molecular weight is 731 g/mol. The van der Waals surface area contributed by atoms with Gasteiger partial charge in [-0.2, -0.15) is 0 Å². The lowest BCUT2D eigenvalue weighted by Gasteiger charge is -2.06. The van der Waals surface area contributed by atoms with Gasteiger partial charge in [0, 0.05) is 38.7 Å². The van der Waals surface area contributed by atoms with Gasteiger partial charge in [0.2, 0.25) is 0 Å². The molecule has 7 aromatic rings. The van der Waals surface area contributed by atoms with Crippen LogP contribution in [0.2, 0.25) is 0 Å². The molecular weight excluding hydrogens is 681 g/mol. The third-order valence-corrected chi connectivity index (χ3v) is 15.1. The van der Waals surface area contributed by atoms with E-state index in [0.717, 1.165) is 0 Å². The Morgan fingerprint density at radius 3 is 1.18 bits per heavy atom. The van der Waals surface area contributed by atoms with E-state index < -0.39 is 0 Å². The summed E-state index contributed by atoms with van der Waals surface area (Å²) in [5, 5.41) is 2.99. The zero-order chi connectivity index (χ0) is 34.1. The highest BCUT2D eigenvalue weighted by Crippen LogP contribution is 2.49. The molecule has 50 heavy (non-hydrogen) atoms. The van der Waals surface area contributed by atoms with Gasteiger partial charge in [-0.25, -0.2) is 0 Å². The number of hydrogen-bond acceptors (Lipinski definition) is 4. The Balaban J connectivity index is 1.27. The van der Waals surface area contributed by atoms with Gasteiger partial charge < -0.3 is 0 Å². The average Bonchev–Trinajstić information content (AvgIpc) is 3.97. The molecular formula is C46H50S4. The van der Waals surface area contributed by atoms with Crippen LogP contribution < -0.4 is 0 Å². The molecule has 0 aliphatic carbocycles. The Hall–Kier alpha value is -3.02. The van der Waals surface area contributed by atoms with Gasteiger partial charge >= 0.3 is 0 Å². The molecule has 4 heteroatoms. The fourth-order valence-electron chi connectivity index (χ4n) is 7.28. The zero-order valence-electron chi connectivity index (χ0n) is 29.8. The van der Waals surface area contributed by atoms with E-state index >= 15 is 0 Å². The Bertz CT molecular complexity index is 1930. The maximum absolute atomic E-state index is 2.59. The molecule has 0 saturated carbocycles. The maximum atomic E-state index is 2.59. The molecule has 0 atom stereocenters. The lowest BCUT2D eigenvalue weighted by molar-refractivity contribution is 0.608. The molecule has 3 aromatic carbocycles. The zero-order valence-corrected chi connectivity index (χ0v) is 33.0. The molecule has 0 aliphatic heterocycles. The fraction of sp³-hybridized carbons (Fsp3) is 0.348. The third-order valence-electron chi connectivity index (χ3n) is 10.0. The minimum Gasteiger partial charge on any atom is -0.134 e. The standard InChI is InChI=1S/C46H50S4/c1-3-5-7-9-11-19-25-35-37-31-44-38(32-43(37)49-45(35)41-29-27-39(47-41)33-21-15-13-16-22-33)36(26-20-12-10-8-6-4-2)46(50-44)42-30-28-40(48-42)34-23-17-14-18-24-34/h13-18,21-24,27-32H,3-12,19-20,25-26H2,1-2H3. The van der Waals surface area contributed by atoms with Gasteiger partial charge in [0.1, 0.15) is 0 Å². The first-order valence-corrected chi connectivity index (χ1v) is 22.3. The van der Waals surface area contributed by atoms with Crippen molar-refractivity contribution in [2.45, 2.75) is 104 Å². The highest BCUT2D eigenvalue weighted by atomic mass is 32.1. The summed E-state index contributed by atoms with van der Waals surface area (Å²) in [5.41, 5.74) is 5.80. The van der Waals surface area contributed by atoms with Crippen LogP contribution in [0.3, 0.4) is 0 Å². The molecule has 0 saturated heterocycles. The summed E-state index contributed by atoms with van der Waals surface area (Å²) < 4.78 is 2.93. The predicted molar refractivity (Wildman–Crippen MR) is 229 cm³/mol. The first kappa shape index (κ1) is 35.4. The summed E-state index contributed by atoms with van der Waals surface area (Å²) in [6.07, 6.45) is 18.3. The van der Waals surface area contributed by atoms with E-state index in [1.54, 1.807) is 11.1 Å². The van der Waals surface area contributed by atoms with Crippen molar-refractivity contribution in [3.05, 3.63) is 108 Å². The minimum absolute atomic E-state index is 1.17. The first-order valence-electron chi connectivity index (χ1n) is 19.1. The van der Waals surface area contributed by atoms with Gasteiger partial charge in [-0.3, -0.25) is 0 Å². The van der Waals surface area contributed by atoms with Gasteiger partial charge in [-0.1, -0.05) is 139 Å². The van der Waals surface area contributed by atoms with Crippen LogP contribution in [0.5, 0.6) is 0 Å². The lowest BCUT2D eigenvalue weighted by atomic mass is 9.98. The van der Waals surface area contributed by atoms with Crippen molar-refractivity contribution in [3.63, 3.8) is 0 Å². The van der Waals surface area contributed by atoms with Gasteiger partial charge in [-0.15, -0.1) is 45.3 Å². The third kappa shape index (κ3) is 8.20. The van der Waals surface area contributed by atoms with E-state index in [9.17, 15) is 0 Å². The Kier molecular flexibility index (Phi) is 12.4. The molecule has 0 spiro atoms. The summed E-state index contributed by atoms with van der Waals surface area (Å²) in [6.45, 7) is 4.62. The molecule has 0 aliphatic rings. The van der Waals surface area contributed by atoms with Crippen LogP contribution in [0, 0.1) is 0 Å². The smallest absolute Gasteiger partial charge is 0.0487 e. The van der Waals surface area contributed by atoms with Crippen molar-refractivity contribution in [1.82, 2.24) is 0 Å². The summed E-state index contributed by atoms with van der Waals surface area (Å²) in [4.78, 5) is 8.58. The minimum atomic E-state index is 1.17. The quantitative estimate of drug-likeness (QED) is 0.0771. The molecule has 258 valence electrons. The van der Waals surface area contributed by atoms with Crippen LogP contribution in [0.25, 0.3) is 60.6 Å². The van der Waals surface area contributed by atoms with Crippen molar-refractivity contribution in [2.24, 2.45) is 0 Å². The van der Waals surface area contributed by atoms with E-state index in [0.29, 0.717) is 0 Å². The van der Waals surface area contributed by atoms with Gasteiger partial charge in [0.15, 0.2) is 0 Å². The van der Waals surface area contributed by atoms with Crippen molar-refractivity contribution < 1.29 is 0 Å². The molecule has 0 unspecified atom stereocenters. The highest BCUT2D eigenvalue weighted by Gasteiger charge is 2.21. The summed E-state index contributed by atoms with van der Waals surface area (Å²) in [7, 11) is 0. The number of rotatable bonds is 18. The van der Waals surface area contributed by atoms with E-state index in [-0.39, 0.29) is 0 Å². The van der Waals surface area contributed by atoms with Crippen molar-refractivity contribution in [2.75, 3.05) is 0 Å². The molecule has 0 fully saturated rings. The van der Waals surface area contributed by atoms with Crippen molar-refractivity contribution in [3.8, 4) is 40.4 Å². The monoisotopic (exact) mass is 730 g/mol. The second-order valence-electron chi connectivity index (χ2n) is 13.8. The maximum Gasteiger partial charge on any atom is 0.0487 e. The molecule has 0 amide bonds. The normalized spacial score (nSPS) is 11.7. The largest absolute Gasteiger partial charge is 0.134 e. The van der Waals surface area contributed by atoms with E-state index in [1.807, 2.05) is 45.3 Å². The summed E-state index contributed by atoms with van der Waals surface area (Å²) >= 11 is 8.01. The van der Waals surface area contributed by atoms with E-state index in [1.165, 1.54) is 150 Å². The van der Waals surface area contributed by atoms with Gasteiger partial charge in [-0.05, 0) is 95.1 Å². The number of fused-ring (bicyclic) bond motifs is 2. The Morgan fingerprint density at radius 1 is 0.380 bits per heavy atom. The summed E-state index contributed by atoms with van der Waals surface area (Å²) in [6, 6.07) is 36.4. The number of unbranched alkanes of at least 4 members (excludes halogenated alkanes) is 10. The lowest BCUT2D eigenvalue weighted by Crippen LogP contribution is -1.88. The van der Waals surface area contributed by atoms with Gasteiger partial charge in [0.05, 0.1) is 0 Å². The number of benzene rings is 3. The first-order chi connectivity index (χ1) is 24.7. The number of hydrogen-bond donors (Lipinski definition) is 0. The molecule has 7 rings (SSSR count). The highest BCUT2D eigenvalue weighted by molar-refractivity contribution is 7.28. The fourth-order valence-corrected chi connectivity index (χ4v) is 12.1. The SMILES string of the molecule is CCCCCCCCc1c(-c2ccc(-c3ccccc3)s2)sc2cc3c(CCCCCCCC)c(-c4ccc(-c5ccccc5)s4)sc3cc12. The molecule has 0 nitrogen and oxygen atoms in total. The second kappa shape index (κ2) is 17.5. The van der Waals surface area contributed by atoms with Crippen LogP contribution >= 0.6 is 45.3 Å². The van der Waals surface area contributed by atoms with Crippen molar-refractivity contribution >= 4 is 65.5 Å². The van der Waals surface area contributed by atoms with Crippen LogP contribution in [0.1, 0.15) is 102 Å². The molecule has 0 N–H and O–H groups in total. The van der Waals surface area contributed by atoms with Gasteiger partial charge in [0.25, 0.3) is 0 Å². The van der Waals surface area contributed by atoms with Crippen LogP contribution in [-0.2, 0) is 12.8 Å². The molecule has 4 aromatic heterocycles. The Morgan fingerprint density at radius 2 is 0.760 bits per heavy atom. The molecule has 0 bridgehead atoms. The molecule has 0 radical (unpaired) electrons. The van der Waals surface area contributed by atoms with Crippen molar-refractivity contribution in [1.29, 1.82) is 0 Å². The van der Waals surface area contributed by atoms with Crippen LogP contribution in [0.15, 0.2) is 97.1 Å². The number of thiophene rings is 4. The summed E-state index contributed by atoms with van der Waals surface area (Å²) in [5.74, 6) is 0. The predicted octanol–water partition coefficient (Wildman–Crippen LogP) is 16.7. The van der Waals surface area contributed by atoms with Crippen LogP contribution in [0.4, 0.5) is 0 Å². The van der Waals surface area contributed by atoms with Crippen LogP contribution in [-0.4, -0.2) is 0 Å². The van der Waals surface area contributed by atoms with E-state index in [4.69, 9.17) is 0 Å². The topological polar surface area (TPSA) is 0 Å². The van der Waals surface area contributed by atoms with E-state index in [2.05, 4.69) is 111 Å². The number of aryl methyl sites for hydroxylation is 2.